The van der Waals surface area contributed by atoms with Gasteiger partial charge in [0.05, 0.1) is 12.7 Å². The summed E-state index contributed by atoms with van der Waals surface area (Å²) in [5.74, 6) is 0.829. The van der Waals surface area contributed by atoms with Crippen LogP contribution in [0.5, 0.6) is 5.75 Å². The van der Waals surface area contributed by atoms with E-state index in [0.717, 1.165) is 37.2 Å². The number of aliphatic hydroxyl groups excluding tert-OH is 1. The molecule has 0 bridgehead atoms. The highest BCUT2D eigenvalue weighted by molar-refractivity contribution is 5.28. The summed E-state index contributed by atoms with van der Waals surface area (Å²) < 4.78 is 10.7. The first-order chi connectivity index (χ1) is 10.8. The molecule has 116 valence electrons. The van der Waals surface area contributed by atoms with Gasteiger partial charge in [-0.2, -0.15) is 0 Å². The minimum absolute atomic E-state index is 0.267. The molecule has 0 amide bonds. The second kappa shape index (κ2) is 7.43. The maximum absolute atomic E-state index is 10.3. The number of aliphatic hydroxyl groups is 1. The lowest BCUT2D eigenvalue weighted by Crippen LogP contribution is -2.04. The van der Waals surface area contributed by atoms with E-state index in [2.05, 4.69) is 24.3 Å². The van der Waals surface area contributed by atoms with Crippen molar-refractivity contribution < 1.29 is 14.6 Å². The van der Waals surface area contributed by atoms with Crippen LogP contribution >= 0.6 is 0 Å². The number of hydrogen-bond donors (Lipinski definition) is 1. The largest absolute Gasteiger partial charge is 0.491 e. The van der Waals surface area contributed by atoms with Crippen molar-refractivity contribution in [1.29, 1.82) is 0 Å². The molecule has 2 atom stereocenters. The Morgan fingerprint density at radius 2 is 1.82 bits per heavy atom. The van der Waals surface area contributed by atoms with E-state index < -0.39 is 6.10 Å². The standard InChI is InChI=1S/C19H22O3/c20-19(8-4-7-15-5-2-1-3-6-15)16-9-11-17(12-10-16)21-13-18-14-22-18/h1-3,5-6,9-12,18-20H,4,7-8,13-14H2. The van der Waals surface area contributed by atoms with Gasteiger partial charge in [-0.15, -0.1) is 0 Å². The molecule has 22 heavy (non-hydrogen) atoms. The van der Waals surface area contributed by atoms with Crippen molar-refractivity contribution in [3.8, 4) is 5.75 Å². The van der Waals surface area contributed by atoms with Gasteiger partial charge in [0, 0.05) is 0 Å². The fourth-order valence-corrected chi connectivity index (χ4v) is 2.45. The predicted molar refractivity (Wildman–Crippen MR) is 86.0 cm³/mol. The summed E-state index contributed by atoms with van der Waals surface area (Å²) in [7, 11) is 0. The minimum Gasteiger partial charge on any atom is -0.491 e. The van der Waals surface area contributed by atoms with E-state index >= 15 is 0 Å². The Morgan fingerprint density at radius 1 is 1.09 bits per heavy atom. The molecule has 1 aliphatic heterocycles. The molecule has 0 spiro atoms. The van der Waals surface area contributed by atoms with E-state index in [1.807, 2.05) is 30.3 Å². The average Bonchev–Trinajstić information content (AvgIpc) is 3.39. The van der Waals surface area contributed by atoms with Crippen molar-refractivity contribution >= 4 is 0 Å². The Kier molecular flexibility index (Phi) is 5.09. The third-order valence-corrected chi connectivity index (χ3v) is 3.89. The van der Waals surface area contributed by atoms with Crippen molar-refractivity contribution in [3.05, 3.63) is 65.7 Å². The zero-order chi connectivity index (χ0) is 15.2. The van der Waals surface area contributed by atoms with Crippen molar-refractivity contribution in [2.45, 2.75) is 31.5 Å². The van der Waals surface area contributed by atoms with Crippen LogP contribution in [0.1, 0.15) is 30.1 Å². The molecule has 1 heterocycles. The van der Waals surface area contributed by atoms with E-state index in [-0.39, 0.29) is 6.10 Å². The molecule has 3 rings (SSSR count). The summed E-state index contributed by atoms with van der Waals surface area (Å²) in [6.45, 7) is 1.41. The topological polar surface area (TPSA) is 42.0 Å². The summed E-state index contributed by atoms with van der Waals surface area (Å²) in [6.07, 6.45) is 2.60. The van der Waals surface area contributed by atoms with Gasteiger partial charge in [-0.25, -0.2) is 0 Å². The molecule has 0 saturated carbocycles. The first-order valence-electron chi connectivity index (χ1n) is 7.87. The van der Waals surface area contributed by atoms with Gasteiger partial charge < -0.3 is 14.6 Å². The zero-order valence-corrected chi connectivity index (χ0v) is 12.7. The normalized spacial score (nSPS) is 18.0. The molecule has 1 fully saturated rings. The first-order valence-corrected chi connectivity index (χ1v) is 7.87. The maximum atomic E-state index is 10.3. The molecule has 1 aliphatic rings. The minimum atomic E-state index is -0.412. The van der Waals surface area contributed by atoms with E-state index in [4.69, 9.17) is 9.47 Å². The second-order valence-corrected chi connectivity index (χ2v) is 5.73. The Morgan fingerprint density at radius 3 is 2.50 bits per heavy atom. The zero-order valence-electron chi connectivity index (χ0n) is 12.7. The van der Waals surface area contributed by atoms with E-state index in [9.17, 15) is 5.11 Å². The summed E-state index contributed by atoms with van der Waals surface area (Å²) in [6, 6.07) is 18.1. The summed E-state index contributed by atoms with van der Waals surface area (Å²) in [5.41, 5.74) is 2.27. The molecule has 1 saturated heterocycles. The van der Waals surface area contributed by atoms with Crippen molar-refractivity contribution in [3.63, 3.8) is 0 Å². The molecule has 1 N–H and O–H groups in total. The van der Waals surface area contributed by atoms with Crippen LogP contribution in [0.2, 0.25) is 0 Å². The Balaban J connectivity index is 1.43. The second-order valence-electron chi connectivity index (χ2n) is 5.73. The summed E-state index contributed by atoms with van der Waals surface area (Å²) in [4.78, 5) is 0. The number of aryl methyl sites for hydroxylation is 1. The highest BCUT2D eigenvalue weighted by Crippen LogP contribution is 2.23. The molecule has 2 aromatic carbocycles. The monoisotopic (exact) mass is 298 g/mol. The molecular formula is C19H22O3. The van der Waals surface area contributed by atoms with E-state index in [0.29, 0.717) is 6.61 Å². The fraction of sp³-hybridized carbons (Fsp3) is 0.368. The molecule has 0 radical (unpaired) electrons. The van der Waals surface area contributed by atoms with Crippen LogP contribution in [0.4, 0.5) is 0 Å². The first kappa shape index (κ1) is 15.1. The quantitative estimate of drug-likeness (QED) is 0.758. The third kappa shape index (κ3) is 4.58. The van der Waals surface area contributed by atoms with Crippen LogP contribution in [0.3, 0.4) is 0 Å². The van der Waals surface area contributed by atoms with E-state index in [1.54, 1.807) is 0 Å². The molecule has 0 aliphatic carbocycles. The number of benzene rings is 2. The van der Waals surface area contributed by atoms with Gasteiger partial charge in [-0.3, -0.25) is 0 Å². The highest BCUT2D eigenvalue weighted by atomic mass is 16.6. The Labute approximate surface area is 131 Å². The number of epoxide rings is 1. The van der Waals surface area contributed by atoms with Crippen LogP contribution in [0.25, 0.3) is 0 Å². The molecule has 2 aromatic rings. The van der Waals surface area contributed by atoms with Gasteiger partial charge in [0.1, 0.15) is 18.5 Å². The van der Waals surface area contributed by atoms with Crippen molar-refractivity contribution in [1.82, 2.24) is 0 Å². The number of rotatable bonds is 8. The van der Waals surface area contributed by atoms with Crippen LogP contribution in [-0.2, 0) is 11.2 Å². The molecule has 0 aromatic heterocycles. The van der Waals surface area contributed by atoms with Gasteiger partial charge in [0.2, 0.25) is 0 Å². The van der Waals surface area contributed by atoms with Crippen LogP contribution in [-0.4, -0.2) is 24.4 Å². The third-order valence-electron chi connectivity index (χ3n) is 3.89. The summed E-state index contributed by atoms with van der Waals surface area (Å²) in [5, 5.41) is 10.3. The van der Waals surface area contributed by atoms with Crippen molar-refractivity contribution in [2.75, 3.05) is 13.2 Å². The van der Waals surface area contributed by atoms with Gasteiger partial charge in [-0.05, 0) is 42.5 Å². The summed E-state index contributed by atoms with van der Waals surface area (Å²) >= 11 is 0. The fourth-order valence-electron chi connectivity index (χ4n) is 2.45. The van der Waals surface area contributed by atoms with Gasteiger partial charge in [-0.1, -0.05) is 42.5 Å². The predicted octanol–water partition coefficient (Wildman–Crippen LogP) is 3.52. The molecule has 2 unspecified atom stereocenters. The van der Waals surface area contributed by atoms with Gasteiger partial charge in [0.25, 0.3) is 0 Å². The van der Waals surface area contributed by atoms with Crippen LogP contribution in [0.15, 0.2) is 54.6 Å². The Bertz CT molecular complexity index is 561. The number of ether oxygens (including phenoxy) is 2. The smallest absolute Gasteiger partial charge is 0.119 e. The van der Waals surface area contributed by atoms with Crippen LogP contribution < -0.4 is 4.74 Å². The molecule has 3 nitrogen and oxygen atoms in total. The number of hydrogen-bond acceptors (Lipinski definition) is 3. The lowest BCUT2D eigenvalue weighted by molar-refractivity contribution is 0.164. The Hall–Kier alpha value is -1.84. The average molecular weight is 298 g/mol. The SMILES string of the molecule is OC(CCCc1ccccc1)c1ccc(OCC2CO2)cc1. The molecular weight excluding hydrogens is 276 g/mol. The van der Waals surface area contributed by atoms with E-state index in [1.165, 1.54) is 5.56 Å². The molecule has 3 heteroatoms. The van der Waals surface area contributed by atoms with Gasteiger partial charge >= 0.3 is 0 Å². The lowest BCUT2D eigenvalue weighted by atomic mass is 10.0. The van der Waals surface area contributed by atoms with Crippen LogP contribution in [0, 0.1) is 0 Å². The van der Waals surface area contributed by atoms with Crippen molar-refractivity contribution in [2.24, 2.45) is 0 Å². The lowest BCUT2D eigenvalue weighted by Gasteiger charge is -2.12. The highest BCUT2D eigenvalue weighted by Gasteiger charge is 2.23. The maximum Gasteiger partial charge on any atom is 0.119 e. The van der Waals surface area contributed by atoms with Gasteiger partial charge in [0.15, 0.2) is 0 Å².